The average molecular weight is 434 g/mol. The van der Waals surface area contributed by atoms with Gasteiger partial charge in [-0.25, -0.2) is 4.98 Å². The third kappa shape index (κ3) is 6.36. The molecule has 2 heterocycles. The second-order valence-corrected chi connectivity index (χ2v) is 7.46. The van der Waals surface area contributed by atoms with Crippen molar-refractivity contribution in [2.45, 2.75) is 13.5 Å². The standard InChI is InChI=1S/C28H23N3O2/c1-21-9-16-26(25-14-12-22(13-15-25)10-11-23-8-5-17-29-18-23)30-28(21)31-27(32)20-33-19-24-6-3-2-4-7-24/h2-9,12-18H,19-20H2,1H3,(H,30,31,32). The minimum atomic E-state index is -0.236. The lowest BCUT2D eigenvalue weighted by Gasteiger charge is -2.10. The molecule has 33 heavy (non-hydrogen) atoms. The molecule has 0 radical (unpaired) electrons. The first-order valence-electron chi connectivity index (χ1n) is 10.6. The molecule has 4 rings (SSSR count). The summed E-state index contributed by atoms with van der Waals surface area (Å²) in [4.78, 5) is 21.0. The number of ether oxygens (including phenoxy) is 1. The Morgan fingerprint density at radius 1 is 0.909 bits per heavy atom. The second kappa shape index (κ2) is 10.9. The molecule has 0 unspecified atom stereocenters. The van der Waals surface area contributed by atoms with Gasteiger partial charge in [-0.05, 0) is 48.4 Å². The highest BCUT2D eigenvalue weighted by Gasteiger charge is 2.09. The maximum absolute atomic E-state index is 12.3. The van der Waals surface area contributed by atoms with E-state index in [1.165, 1.54) is 0 Å². The minimum absolute atomic E-state index is 0.0372. The summed E-state index contributed by atoms with van der Waals surface area (Å²) in [6.45, 7) is 2.26. The molecule has 2 aromatic heterocycles. The molecule has 1 N–H and O–H groups in total. The van der Waals surface area contributed by atoms with Gasteiger partial charge in [-0.15, -0.1) is 0 Å². The summed E-state index contributed by atoms with van der Waals surface area (Å²) in [6.07, 6.45) is 3.46. The first-order valence-corrected chi connectivity index (χ1v) is 10.6. The highest BCUT2D eigenvalue weighted by Crippen LogP contribution is 2.22. The number of amides is 1. The van der Waals surface area contributed by atoms with Crippen molar-refractivity contribution in [3.05, 3.63) is 114 Å². The Morgan fingerprint density at radius 2 is 1.70 bits per heavy atom. The summed E-state index contributed by atoms with van der Waals surface area (Å²) in [7, 11) is 0. The monoisotopic (exact) mass is 433 g/mol. The van der Waals surface area contributed by atoms with Crippen LogP contribution in [0, 0.1) is 18.8 Å². The van der Waals surface area contributed by atoms with Gasteiger partial charge in [-0.3, -0.25) is 9.78 Å². The van der Waals surface area contributed by atoms with Gasteiger partial charge in [-0.1, -0.05) is 60.4 Å². The van der Waals surface area contributed by atoms with Crippen molar-refractivity contribution in [3.8, 4) is 23.1 Å². The fraction of sp³-hybridized carbons (Fsp3) is 0.107. The zero-order valence-electron chi connectivity index (χ0n) is 18.3. The van der Waals surface area contributed by atoms with E-state index in [9.17, 15) is 4.79 Å². The van der Waals surface area contributed by atoms with Gasteiger partial charge >= 0.3 is 0 Å². The van der Waals surface area contributed by atoms with Crippen molar-refractivity contribution in [2.24, 2.45) is 0 Å². The molecule has 0 saturated heterocycles. The molecule has 4 aromatic rings. The van der Waals surface area contributed by atoms with Gasteiger partial charge in [-0.2, -0.15) is 0 Å². The number of aryl methyl sites for hydroxylation is 1. The number of hydrogen-bond donors (Lipinski definition) is 1. The van der Waals surface area contributed by atoms with Crippen LogP contribution in [0.3, 0.4) is 0 Å². The molecule has 0 aliphatic carbocycles. The first-order chi connectivity index (χ1) is 16.2. The topological polar surface area (TPSA) is 64.1 Å². The van der Waals surface area contributed by atoms with E-state index in [1.807, 2.05) is 85.8 Å². The van der Waals surface area contributed by atoms with Crippen molar-refractivity contribution in [1.82, 2.24) is 9.97 Å². The fourth-order valence-corrected chi connectivity index (χ4v) is 3.13. The SMILES string of the molecule is Cc1ccc(-c2ccc(C#Cc3cccnc3)cc2)nc1NC(=O)COCc1ccccc1. The predicted octanol–water partition coefficient (Wildman–Crippen LogP) is 5.01. The van der Waals surface area contributed by atoms with Crippen molar-refractivity contribution < 1.29 is 9.53 Å². The Hall–Kier alpha value is -4.27. The molecule has 0 aliphatic rings. The highest BCUT2D eigenvalue weighted by atomic mass is 16.5. The number of hydrogen-bond acceptors (Lipinski definition) is 4. The summed E-state index contributed by atoms with van der Waals surface area (Å²) in [5.41, 5.74) is 5.39. The van der Waals surface area contributed by atoms with Gasteiger partial charge in [0.05, 0.1) is 12.3 Å². The van der Waals surface area contributed by atoms with Crippen molar-refractivity contribution in [1.29, 1.82) is 0 Å². The van der Waals surface area contributed by atoms with E-state index in [-0.39, 0.29) is 12.5 Å². The Bertz CT molecular complexity index is 1280. The van der Waals surface area contributed by atoms with Crippen LogP contribution in [0.1, 0.15) is 22.3 Å². The second-order valence-electron chi connectivity index (χ2n) is 7.46. The van der Waals surface area contributed by atoms with Crippen LogP contribution in [-0.4, -0.2) is 22.5 Å². The summed E-state index contributed by atoms with van der Waals surface area (Å²) >= 11 is 0. The zero-order valence-corrected chi connectivity index (χ0v) is 18.3. The zero-order chi connectivity index (χ0) is 22.9. The number of aromatic nitrogens is 2. The number of nitrogens with zero attached hydrogens (tertiary/aromatic N) is 2. The normalized spacial score (nSPS) is 10.2. The minimum Gasteiger partial charge on any atom is -0.367 e. The van der Waals surface area contributed by atoms with Crippen LogP contribution in [0.25, 0.3) is 11.3 Å². The van der Waals surface area contributed by atoms with E-state index >= 15 is 0 Å². The lowest BCUT2D eigenvalue weighted by Crippen LogP contribution is -2.19. The molecule has 0 saturated carbocycles. The van der Waals surface area contributed by atoms with Crippen LogP contribution in [0.2, 0.25) is 0 Å². The van der Waals surface area contributed by atoms with E-state index in [0.717, 1.165) is 33.5 Å². The number of anilines is 1. The lowest BCUT2D eigenvalue weighted by atomic mass is 10.1. The molecule has 2 aromatic carbocycles. The first kappa shape index (κ1) is 21.9. The number of benzene rings is 2. The van der Waals surface area contributed by atoms with Gasteiger partial charge in [0.15, 0.2) is 0 Å². The molecule has 0 spiro atoms. The molecule has 0 fully saturated rings. The van der Waals surface area contributed by atoms with E-state index < -0.39 is 0 Å². The molecule has 5 nitrogen and oxygen atoms in total. The van der Waals surface area contributed by atoms with Crippen LogP contribution in [-0.2, 0) is 16.1 Å². The maximum atomic E-state index is 12.3. The summed E-state index contributed by atoms with van der Waals surface area (Å²) in [5, 5.41) is 2.85. The number of carbonyl (C=O) groups excluding carboxylic acids is 1. The highest BCUT2D eigenvalue weighted by molar-refractivity contribution is 5.91. The molecular formula is C28H23N3O2. The van der Waals surface area contributed by atoms with E-state index in [0.29, 0.717) is 12.4 Å². The van der Waals surface area contributed by atoms with Crippen LogP contribution < -0.4 is 5.32 Å². The molecule has 1 amide bonds. The average Bonchev–Trinajstić information content (AvgIpc) is 2.86. The van der Waals surface area contributed by atoms with Gasteiger partial charge in [0.1, 0.15) is 12.4 Å². The van der Waals surface area contributed by atoms with Gasteiger partial charge < -0.3 is 10.1 Å². The summed E-state index contributed by atoms with van der Waals surface area (Å²) < 4.78 is 5.52. The number of pyridine rings is 2. The number of rotatable bonds is 6. The molecular weight excluding hydrogens is 410 g/mol. The lowest BCUT2D eigenvalue weighted by molar-refractivity contribution is -0.121. The van der Waals surface area contributed by atoms with Crippen LogP contribution in [0.5, 0.6) is 0 Å². The quantitative estimate of drug-likeness (QED) is 0.434. The van der Waals surface area contributed by atoms with Crippen molar-refractivity contribution in [2.75, 3.05) is 11.9 Å². The Kier molecular flexibility index (Phi) is 7.22. The molecule has 5 heteroatoms. The van der Waals surface area contributed by atoms with E-state index in [4.69, 9.17) is 4.74 Å². The number of nitrogens with one attached hydrogen (secondary N) is 1. The smallest absolute Gasteiger partial charge is 0.251 e. The van der Waals surface area contributed by atoms with Gasteiger partial charge in [0.25, 0.3) is 5.91 Å². The Labute approximate surface area is 193 Å². The molecule has 0 bridgehead atoms. The molecule has 162 valence electrons. The van der Waals surface area contributed by atoms with E-state index in [1.54, 1.807) is 12.4 Å². The predicted molar refractivity (Wildman–Crippen MR) is 129 cm³/mol. The van der Waals surface area contributed by atoms with E-state index in [2.05, 4.69) is 27.1 Å². The Morgan fingerprint density at radius 3 is 2.45 bits per heavy atom. The van der Waals surface area contributed by atoms with Crippen LogP contribution in [0.4, 0.5) is 5.82 Å². The molecule has 0 aliphatic heterocycles. The van der Waals surface area contributed by atoms with Crippen molar-refractivity contribution in [3.63, 3.8) is 0 Å². The third-order valence-electron chi connectivity index (χ3n) is 4.89. The Balaban J connectivity index is 1.39. The largest absolute Gasteiger partial charge is 0.367 e. The van der Waals surface area contributed by atoms with Gasteiger partial charge in [0, 0.05) is 29.1 Å². The number of carbonyl (C=O) groups is 1. The van der Waals surface area contributed by atoms with Crippen molar-refractivity contribution >= 4 is 11.7 Å². The van der Waals surface area contributed by atoms with Gasteiger partial charge in [0.2, 0.25) is 0 Å². The third-order valence-corrected chi connectivity index (χ3v) is 4.89. The summed E-state index contributed by atoms with van der Waals surface area (Å²) in [5.74, 6) is 6.53. The molecule has 0 atom stereocenters. The maximum Gasteiger partial charge on any atom is 0.251 e. The van der Waals surface area contributed by atoms with Crippen LogP contribution >= 0.6 is 0 Å². The van der Waals surface area contributed by atoms with Crippen LogP contribution in [0.15, 0.2) is 91.3 Å². The fourth-order valence-electron chi connectivity index (χ4n) is 3.13. The summed E-state index contributed by atoms with van der Waals surface area (Å²) in [6, 6.07) is 25.3.